The topological polar surface area (TPSA) is 61.7 Å². The fraction of sp³-hybridized carbons (Fsp3) is 0.600. The lowest BCUT2D eigenvalue weighted by atomic mass is 10.1. The molecule has 0 heterocycles. The zero-order chi connectivity index (χ0) is 13.5. The van der Waals surface area contributed by atoms with Crippen LogP contribution in [0.1, 0.15) is 19.3 Å². The molecule has 4 nitrogen and oxygen atoms in total. The summed E-state index contributed by atoms with van der Waals surface area (Å²) >= 11 is 0. The second-order valence-electron chi connectivity index (χ2n) is 5.19. The number of benzene rings is 1. The van der Waals surface area contributed by atoms with Gasteiger partial charge in [-0.3, -0.25) is 0 Å². The van der Waals surface area contributed by atoms with E-state index >= 15 is 0 Å². The lowest BCUT2D eigenvalue weighted by molar-refractivity contribution is 0.0981. The van der Waals surface area contributed by atoms with Crippen molar-refractivity contribution >= 4 is 0 Å². The summed E-state index contributed by atoms with van der Waals surface area (Å²) in [7, 11) is 0. The molecule has 0 bridgehead atoms. The smallest absolute Gasteiger partial charge is 0.119 e. The summed E-state index contributed by atoms with van der Waals surface area (Å²) in [6.45, 7) is 1.55. The molecule has 1 aromatic rings. The largest absolute Gasteiger partial charge is 0.491 e. The van der Waals surface area contributed by atoms with Crippen LogP contribution < -0.4 is 10.1 Å². The quantitative estimate of drug-likeness (QED) is 0.693. The molecular formula is C15H23NO3. The van der Waals surface area contributed by atoms with Crippen LogP contribution in [0.3, 0.4) is 0 Å². The Morgan fingerprint density at radius 2 is 2.05 bits per heavy atom. The second kappa shape index (κ2) is 7.48. The molecular weight excluding hydrogens is 242 g/mol. The summed E-state index contributed by atoms with van der Waals surface area (Å²) in [5.41, 5.74) is 0. The average Bonchev–Trinajstić information content (AvgIpc) is 2.83. The maximum Gasteiger partial charge on any atom is 0.119 e. The van der Waals surface area contributed by atoms with Crippen LogP contribution in [0.5, 0.6) is 5.75 Å². The highest BCUT2D eigenvalue weighted by Crippen LogP contribution is 2.24. The Morgan fingerprint density at radius 3 is 2.74 bits per heavy atom. The fourth-order valence-corrected chi connectivity index (χ4v) is 2.46. The predicted octanol–water partition coefficient (Wildman–Crippen LogP) is 1.18. The van der Waals surface area contributed by atoms with Crippen molar-refractivity contribution in [1.82, 2.24) is 5.32 Å². The molecule has 2 rings (SSSR count). The average molecular weight is 265 g/mol. The van der Waals surface area contributed by atoms with Gasteiger partial charge in [-0.05, 0) is 30.9 Å². The first-order valence-corrected chi connectivity index (χ1v) is 7.00. The first kappa shape index (κ1) is 14.3. The summed E-state index contributed by atoms with van der Waals surface area (Å²) in [5, 5.41) is 22.7. The van der Waals surface area contributed by atoms with Gasteiger partial charge in [-0.1, -0.05) is 24.6 Å². The van der Waals surface area contributed by atoms with Crippen molar-refractivity contribution in [3.8, 4) is 5.75 Å². The Morgan fingerprint density at radius 1 is 1.26 bits per heavy atom. The highest BCUT2D eigenvalue weighted by molar-refractivity contribution is 5.20. The number of nitrogens with one attached hydrogen (secondary N) is 1. The van der Waals surface area contributed by atoms with E-state index in [9.17, 15) is 10.2 Å². The van der Waals surface area contributed by atoms with Crippen LogP contribution >= 0.6 is 0 Å². The third kappa shape index (κ3) is 4.82. The maximum absolute atomic E-state index is 9.80. The number of hydrogen-bond donors (Lipinski definition) is 3. The van der Waals surface area contributed by atoms with Gasteiger partial charge in [0.15, 0.2) is 0 Å². The Bertz CT molecular complexity index is 358. The monoisotopic (exact) mass is 265 g/mol. The van der Waals surface area contributed by atoms with Crippen LogP contribution in [0.25, 0.3) is 0 Å². The third-order valence-electron chi connectivity index (χ3n) is 3.59. The van der Waals surface area contributed by atoms with Gasteiger partial charge in [0.2, 0.25) is 0 Å². The summed E-state index contributed by atoms with van der Waals surface area (Å²) < 4.78 is 5.47. The zero-order valence-corrected chi connectivity index (χ0v) is 11.2. The van der Waals surface area contributed by atoms with E-state index in [1.54, 1.807) is 0 Å². The van der Waals surface area contributed by atoms with E-state index in [-0.39, 0.29) is 12.7 Å². The van der Waals surface area contributed by atoms with Crippen LogP contribution in [-0.4, -0.2) is 42.1 Å². The molecule has 3 N–H and O–H groups in total. The van der Waals surface area contributed by atoms with Gasteiger partial charge in [-0.15, -0.1) is 0 Å². The van der Waals surface area contributed by atoms with Crippen molar-refractivity contribution in [3.63, 3.8) is 0 Å². The number of ether oxygens (including phenoxy) is 1. The Kier molecular flexibility index (Phi) is 5.63. The highest BCUT2D eigenvalue weighted by Gasteiger charge is 2.24. The molecule has 1 fully saturated rings. The van der Waals surface area contributed by atoms with E-state index in [0.717, 1.165) is 31.6 Å². The summed E-state index contributed by atoms with van der Waals surface area (Å²) in [5.74, 6) is 1.11. The molecule has 106 valence electrons. The van der Waals surface area contributed by atoms with Crippen LogP contribution in [0.15, 0.2) is 30.3 Å². The molecule has 0 aliphatic heterocycles. The number of rotatable bonds is 7. The Hall–Kier alpha value is -1.10. The normalized spacial score (nSPS) is 24.3. The fourth-order valence-electron chi connectivity index (χ4n) is 2.46. The molecule has 1 aromatic carbocycles. The minimum atomic E-state index is -0.529. The third-order valence-corrected chi connectivity index (χ3v) is 3.59. The van der Waals surface area contributed by atoms with E-state index in [2.05, 4.69) is 5.32 Å². The SMILES string of the molecule is OC(CNCC1CCCC1O)COc1ccccc1. The van der Waals surface area contributed by atoms with Crippen LogP contribution in [0, 0.1) is 5.92 Å². The van der Waals surface area contributed by atoms with Gasteiger partial charge >= 0.3 is 0 Å². The van der Waals surface area contributed by atoms with Crippen molar-refractivity contribution in [1.29, 1.82) is 0 Å². The molecule has 1 aliphatic rings. The van der Waals surface area contributed by atoms with E-state index in [1.165, 1.54) is 0 Å². The number of aliphatic hydroxyl groups excluding tert-OH is 2. The molecule has 1 aliphatic carbocycles. The minimum Gasteiger partial charge on any atom is -0.491 e. The van der Waals surface area contributed by atoms with Crippen LogP contribution in [-0.2, 0) is 0 Å². The van der Waals surface area contributed by atoms with Gasteiger partial charge in [0.05, 0.1) is 6.10 Å². The molecule has 3 unspecified atom stereocenters. The predicted molar refractivity (Wildman–Crippen MR) is 74.2 cm³/mol. The van der Waals surface area contributed by atoms with Gasteiger partial charge in [-0.2, -0.15) is 0 Å². The van der Waals surface area contributed by atoms with Gasteiger partial charge in [0.1, 0.15) is 18.5 Å². The van der Waals surface area contributed by atoms with Crippen molar-refractivity contribution < 1.29 is 14.9 Å². The summed E-state index contributed by atoms with van der Waals surface area (Å²) in [6, 6.07) is 9.48. The number of aliphatic hydroxyl groups is 2. The molecule has 4 heteroatoms. The summed E-state index contributed by atoms with van der Waals surface area (Å²) in [6.07, 6.45) is 2.38. The van der Waals surface area contributed by atoms with E-state index in [0.29, 0.717) is 12.5 Å². The molecule has 0 saturated heterocycles. The molecule has 3 atom stereocenters. The molecule has 0 radical (unpaired) electrons. The first-order chi connectivity index (χ1) is 9.25. The zero-order valence-electron chi connectivity index (χ0n) is 11.2. The lowest BCUT2D eigenvalue weighted by Gasteiger charge is -2.17. The molecule has 0 amide bonds. The molecule has 0 aromatic heterocycles. The molecule has 1 saturated carbocycles. The minimum absolute atomic E-state index is 0.176. The lowest BCUT2D eigenvalue weighted by Crippen LogP contribution is -2.35. The maximum atomic E-state index is 9.80. The van der Waals surface area contributed by atoms with E-state index in [1.807, 2.05) is 30.3 Å². The van der Waals surface area contributed by atoms with Gasteiger partial charge < -0.3 is 20.3 Å². The van der Waals surface area contributed by atoms with Crippen molar-refractivity contribution in [2.75, 3.05) is 19.7 Å². The highest BCUT2D eigenvalue weighted by atomic mass is 16.5. The van der Waals surface area contributed by atoms with Crippen molar-refractivity contribution in [2.45, 2.75) is 31.5 Å². The summed E-state index contributed by atoms with van der Waals surface area (Å²) in [4.78, 5) is 0. The second-order valence-corrected chi connectivity index (χ2v) is 5.19. The number of hydrogen-bond acceptors (Lipinski definition) is 4. The van der Waals surface area contributed by atoms with Gasteiger partial charge in [0, 0.05) is 13.1 Å². The Balaban J connectivity index is 1.58. The standard InChI is InChI=1S/C15H23NO3/c17-13(11-19-14-6-2-1-3-7-14)10-16-9-12-5-4-8-15(12)18/h1-3,6-7,12-13,15-18H,4-5,8-11H2. The van der Waals surface area contributed by atoms with Gasteiger partial charge in [0.25, 0.3) is 0 Å². The van der Waals surface area contributed by atoms with Crippen molar-refractivity contribution in [3.05, 3.63) is 30.3 Å². The van der Waals surface area contributed by atoms with Crippen molar-refractivity contribution in [2.24, 2.45) is 5.92 Å². The van der Waals surface area contributed by atoms with Crippen LogP contribution in [0.4, 0.5) is 0 Å². The Labute approximate surface area is 114 Å². The molecule has 19 heavy (non-hydrogen) atoms. The number of para-hydroxylation sites is 1. The van der Waals surface area contributed by atoms with E-state index < -0.39 is 6.10 Å². The first-order valence-electron chi connectivity index (χ1n) is 7.00. The van der Waals surface area contributed by atoms with Crippen LogP contribution in [0.2, 0.25) is 0 Å². The molecule has 0 spiro atoms. The van der Waals surface area contributed by atoms with Gasteiger partial charge in [-0.25, -0.2) is 0 Å². The van der Waals surface area contributed by atoms with E-state index in [4.69, 9.17) is 4.74 Å².